The molecule has 0 aromatic heterocycles. The van der Waals surface area contributed by atoms with Gasteiger partial charge in [0.1, 0.15) is 6.04 Å². The van der Waals surface area contributed by atoms with Gasteiger partial charge >= 0.3 is 0 Å². The number of nitrogens with two attached hydrogens (primary N) is 1. The molecular weight excluding hydrogens is 306 g/mol. The zero-order valence-corrected chi connectivity index (χ0v) is 14.6. The van der Waals surface area contributed by atoms with Crippen LogP contribution in [0, 0.1) is 0 Å². The molecule has 2 atom stereocenters. The van der Waals surface area contributed by atoms with E-state index in [1.165, 1.54) is 12.7 Å². The second kappa shape index (κ2) is 9.13. The molecule has 1 aliphatic heterocycles. The van der Waals surface area contributed by atoms with Crippen molar-refractivity contribution in [1.82, 2.24) is 10.6 Å². The number of rotatable bonds is 8. The van der Waals surface area contributed by atoms with Crippen LogP contribution in [-0.2, 0) is 14.3 Å². The summed E-state index contributed by atoms with van der Waals surface area (Å²) in [6.45, 7) is 4.27. The Morgan fingerprint density at radius 1 is 1.33 bits per heavy atom. The van der Waals surface area contributed by atoms with Gasteiger partial charge in [-0.3, -0.25) is 4.79 Å². The summed E-state index contributed by atoms with van der Waals surface area (Å²) >= 11 is 0. The standard InChI is InChI=1S/C18H29N3O3/c1-14(15-6-4-3-5-7-15)21-18(8-10-24-11-9-18)13-20-17(22)16(19)12-23-2/h3-7,14,16,21H,8-13,19H2,1-2H3,(H,20,22). The molecule has 1 heterocycles. The minimum atomic E-state index is -0.640. The van der Waals surface area contributed by atoms with Gasteiger partial charge in [0.25, 0.3) is 0 Å². The lowest BCUT2D eigenvalue weighted by Crippen LogP contribution is -2.58. The van der Waals surface area contributed by atoms with Crippen LogP contribution in [0.1, 0.15) is 31.4 Å². The third kappa shape index (κ3) is 5.27. The van der Waals surface area contributed by atoms with E-state index in [-0.39, 0.29) is 24.1 Å². The topological polar surface area (TPSA) is 85.6 Å². The summed E-state index contributed by atoms with van der Waals surface area (Å²) in [5.41, 5.74) is 6.84. The average Bonchev–Trinajstić information content (AvgIpc) is 2.61. The Kier molecular flexibility index (Phi) is 7.17. The van der Waals surface area contributed by atoms with Crippen molar-refractivity contribution in [1.29, 1.82) is 0 Å². The molecule has 4 N–H and O–H groups in total. The van der Waals surface area contributed by atoms with E-state index in [0.29, 0.717) is 19.8 Å². The predicted molar refractivity (Wildman–Crippen MR) is 93.6 cm³/mol. The summed E-state index contributed by atoms with van der Waals surface area (Å²) in [6.07, 6.45) is 1.70. The van der Waals surface area contributed by atoms with Crippen molar-refractivity contribution in [3.8, 4) is 0 Å². The number of carbonyl (C=O) groups excluding carboxylic acids is 1. The number of amides is 1. The largest absolute Gasteiger partial charge is 0.383 e. The Bertz CT molecular complexity index is 503. The van der Waals surface area contributed by atoms with Crippen molar-refractivity contribution in [2.75, 3.05) is 33.5 Å². The van der Waals surface area contributed by atoms with Crippen LogP contribution in [0.2, 0.25) is 0 Å². The van der Waals surface area contributed by atoms with Gasteiger partial charge in [0, 0.05) is 38.4 Å². The number of nitrogens with one attached hydrogen (secondary N) is 2. The van der Waals surface area contributed by atoms with Crippen LogP contribution >= 0.6 is 0 Å². The molecule has 1 fully saturated rings. The summed E-state index contributed by atoms with van der Waals surface area (Å²) in [5, 5.41) is 6.68. The smallest absolute Gasteiger partial charge is 0.239 e. The van der Waals surface area contributed by atoms with E-state index in [1.54, 1.807) is 0 Å². The molecule has 6 nitrogen and oxygen atoms in total. The van der Waals surface area contributed by atoms with Crippen molar-refractivity contribution in [3.63, 3.8) is 0 Å². The van der Waals surface area contributed by atoms with Crippen LogP contribution in [0.3, 0.4) is 0 Å². The first-order chi connectivity index (χ1) is 11.6. The lowest BCUT2D eigenvalue weighted by molar-refractivity contribution is -0.124. The first kappa shape index (κ1) is 18.9. The Balaban J connectivity index is 1.99. The normalized spacial score (nSPS) is 19.5. The van der Waals surface area contributed by atoms with Gasteiger partial charge in [0.05, 0.1) is 6.61 Å². The molecule has 1 amide bonds. The lowest BCUT2D eigenvalue weighted by atomic mass is 9.88. The molecule has 0 aliphatic carbocycles. The van der Waals surface area contributed by atoms with Crippen LogP contribution in [0.15, 0.2) is 30.3 Å². The maximum atomic E-state index is 12.1. The highest BCUT2D eigenvalue weighted by atomic mass is 16.5. The molecule has 0 radical (unpaired) electrons. The molecule has 0 saturated carbocycles. The molecule has 134 valence electrons. The quantitative estimate of drug-likeness (QED) is 0.659. The molecule has 6 heteroatoms. The van der Waals surface area contributed by atoms with Gasteiger partial charge in [-0.1, -0.05) is 30.3 Å². The highest BCUT2D eigenvalue weighted by Gasteiger charge is 2.34. The minimum Gasteiger partial charge on any atom is -0.383 e. The fraction of sp³-hybridized carbons (Fsp3) is 0.611. The van der Waals surface area contributed by atoms with E-state index >= 15 is 0 Å². The summed E-state index contributed by atoms with van der Waals surface area (Å²) in [7, 11) is 1.54. The molecule has 1 aromatic carbocycles. The monoisotopic (exact) mass is 335 g/mol. The average molecular weight is 335 g/mol. The van der Waals surface area contributed by atoms with Gasteiger partial charge in [-0.05, 0) is 25.3 Å². The fourth-order valence-electron chi connectivity index (χ4n) is 3.06. The van der Waals surface area contributed by atoms with E-state index in [9.17, 15) is 4.79 Å². The maximum absolute atomic E-state index is 12.1. The first-order valence-electron chi connectivity index (χ1n) is 8.49. The number of hydrogen-bond acceptors (Lipinski definition) is 5. The van der Waals surface area contributed by atoms with Gasteiger partial charge in [0.15, 0.2) is 0 Å². The van der Waals surface area contributed by atoms with Gasteiger partial charge in [-0.15, -0.1) is 0 Å². The molecule has 2 unspecified atom stereocenters. The van der Waals surface area contributed by atoms with Crippen molar-refractivity contribution < 1.29 is 14.3 Å². The zero-order chi connectivity index (χ0) is 17.4. The maximum Gasteiger partial charge on any atom is 0.239 e. The van der Waals surface area contributed by atoms with Crippen molar-refractivity contribution >= 4 is 5.91 Å². The predicted octanol–water partition coefficient (Wildman–Crippen LogP) is 0.976. The molecule has 24 heavy (non-hydrogen) atoms. The Morgan fingerprint density at radius 3 is 2.62 bits per heavy atom. The van der Waals surface area contributed by atoms with Gasteiger partial charge in [-0.25, -0.2) is 0 Å². The lowest BCUT2D eigenvalue weighted by Gasteiger charge is -2.40. The molecule has 2 rings (SSSR count). The highest BCUT2D eigenvalue weighted by Crippen LogP contribution is 2.25. The third-order valence-corrected chi connectivity index (χ3v) is 4.56. The van der Waals surface area contributed by atoms with E-state index in [1.807, 2.05) is 18.2 Å². The Labute approximate surface area is 144 Å². The van der Waals surface area contributed by atoms with Gasteiger partial charge < -0.3 is 25.8 Å². The zero-order valence-electron chi connectivity index (χ0n) is 14.6. The van der Waals surface area contributed by atoms with Crippen LogP contribution in [0.4, 0.5) is 0 Å². The fourth-order valence-corrected chi connectivity index (χ4v) is 3.06. The highest BCUT2D eigenvalue weighted by molar-refractivity contribution is 5.81. The third-order valence-electron chi connectivity index (χ3n) is 4.56. The van der Waals surface area contributed by atoms with Crippen LogP contribution in [0.5, 0.6) is 0 Å². The first-order valence-corrected chi connectivity index (χ1v) is 8.49. The molecule has 1 saturated heterocycles. The van der Waals surface area contributed by atoms with E-state index in [0.717, 1.165) is 12.8 Å². The summed E-state index contributed by atoms with van der Waals surface area (Å²) in [5.74, 6) is -0.183. The van der Waals surface area contributed by atoms with Gasteiger partial charge in [-0.2, -0.15) is 0 Å². The summed E-state index contributed by atoms with van der Waals surface area (Å²) < 4.78 is 10.5. The van der Waals surface area contributed by atoms with Gasteiger partial charge in [0.2, 0.25) is 5.91 Å². The Morgan fingerprint density at radius 2 is 2.00 bits per heavy atom. The number of hydrogen-bond donors (Lipinski definition) is 3. The second-order valence-corrected chi connectivity index (χ2v) is 6.45. The summed E-state index contributed by atoms with van der Waals surface area (Å²) in [4.78, 5) is 12.1. The van der Waals surface area contributed by atoms with Crippen LogP contribution in [0.25, 0.3) is 0 Å². The summed E-state index contributed by atoms with van der Waals surface area (Å²) in [6, 6.07) is 9.85. The van der Waals surface area contributed by atoms with Crippen LogP contribution in [-0.4, -0.2) is 51.0 Å². The van der Waals surface area contributed by atoms with Crippen molar-refractivity contribution in [3.05, 3.63) is 35.9 Å². The van der Waals surface area contributed by atoms with Crippen molar-refractivity contribution in [2.24, 2.45) is 5.73 Å². The number of ether oxygens (including phenoxy) is 2. The molecule has 1 aliphatic rings. The van der Waals surface area contributed by atoms with E-state index < -0.39 is 6.04 Å². The molecule has 1 aromatic rings. The van der Waals surface area contributed by atoms with E-state index in [4.69, 9.17) is 15.2 Å². The molecule has 0 bridgehead atoms. The second-order valence-electron chi connectivity index (χ2n) is 6.45. The molecular formula is C18H29N3O3. The molecule has 0 spiro atoms. The minimum absolute atomic E-state index is 0.183. The number of methoxy groups -OCH3 is 1. The number of carbonyl (C=O) groups is 1. The van der Waals surface area contributed by atoms with E-state index in [2.05, 4.69) is 29.7 Å². The number of benzene rings is 1. The SMILES string of the molecule is COCC(N)C(=O)NCC1(NC(C)c2ccccc2)CCOCC1. The van der Waals surface area contributed by atoms with Crippen molar-refractivity contribution in [2.45, 2.75) is 37.4 Å². The Hall–Kier alpha value is -1.47. The van der Waals surface area contributed by atoms with Crippen LogP contribution < -0.4 is 16.4 Å².